The van der Waals surface area contributed by atoms with Crippen LogP contribution in [0.25, 0.3) is 0 Å². The molecule has 0 bridgehead atoms. The van der Waals surface area contributed by atoms with Gasteiger partial charge in [0.25, 0.3) is 0 Å². The maximum absolute atomic E-state index is 5.95. The summed E-state index contributed by atoms with van der Waals surface area (Å²) in [4.78, 5) is 0. The fraction of sp³-hybridized carbons (Fsp3) is 1.00. The van der Waals surface area contributed by atoms with E-state index < -0.39 is 6.35 Å². The summed E-state index contributed by atoms with van der Waals surface area (Å²) < 4.78 is 5.95. The molecule has 0 spiro atoms. The van der Waals surface area contributed by atoms with Crippen LogP contribution in [0.2, 0.25) is 19.0 Å². The molecular weight excluding hydrogens is 158 g/mol. The topological polar surface area (TPSA) is 9.23 Å². The van der Waals surface area contributed by atoms with Gasteiger partial charge in [-0.15, -0.1) is 0 Å². The third kappa shape index (κ3) is 3.41. The maximum atomic E-state index is 5.95. The van der Waals surface area contributed by atoms with Crippen LogP contribution in [-0.4, -0.2) is 13.0 Å². The number of hydrogen-bond acceptors (Lipinski definition) is 1. The van der Waals surface area contributed by atoms with Gasteiger partial charge in [0.15, 0.2) is 0 Å². The van der Waals surface area contributed by atoms with E-state index in [1.54, 1.807) is 0 Å². The molecule has 1 rings (SSSR count). The van der Waals surface area contributed by atoms with E-state index in [0.29, 0.717) is 0 Å². The molecule has 0 N–H and O–H groups in total. The number of hydrogen-bond donors (Lipinski definition) is 0. The van der Waals surface area contributed by atoms with Crippen molar-refractivity contribution in [2.24, 2.45) is 0 Å². The van der Waals surface area contributed by atoms with Crippen LogP contribution in [0.1, 0.15) is 33.1 Å². The standard InChI is InChI=1S/C9H20BO.Na/c1-3-10(4-2)8-6-5-7-9-11-10;/h3-9H2,1-2H3;/q-1;+1. The molecule has 0 aliphatic carbocycles. The van der Waals surface area contributed by atoms with Crippen molar-refractivity contribution >= 4 is 6.35 Å². The van der Waals surface area contributed by atoms with Crippen molar-refractivity contribution in [3.05, 3.63) is 0 Å². The fourth-order valence-corrected chi connectivity index (χ4v) is 2.14. The largest absolute Gasteiger partial charge is 1.00 e. The molecule has 0 amide bonds. The molecular formula is C9H20BNaO. The van der Waals surface area contributed by atoms with Crippen molar-refractivity contribution in [1.82, 2.24) is 0 Å². The molecule has 1 saturated heterocycles. The minimum atomic E-state index is -0.396. The van der Waals surface area contributed by atoms with E-state index in [1.165, 1.54) is 38.2 Å². The zero-order chi connectivity index (χ0) is 8.16. The predicted octanol–water partition coefficient (Wildman–Crippen LogP) is 0.176. The summed E-state index contributed by atoms with van der Waals surface area (Å²) in [5.41, 5.74) is 0. The van der Waals surface area contributed by atoms with Gasteiger partial charge in [0.2, 0.25) is 0 Å². The summed E-state index contributed by atoms with van der Waals surface area (Å²) in [6.07, 6.45) is 7.49. The molecule has 0 aromatic carbocycles. The SMILES string of the molecule is CC[B-]1(CC)CCCCCO1.[Na+]. The van der Waals surface area contributed by atoms with E-state index in [-0.39, 0.29) is 29.6 Å². The molecule has 1 aliphatic heterocycles. The molecule has 0 unspecified atom stereocenters. The van der Waals surface area contributed by atoms with E-state index in [4.69, 9.17) is 4.65 Å². The summed E-state index contributed by atoms with van der Waals surface area (Å²) in [5, 5.41) is 0. The predicted molar refractivity (Wildman–Crippen MR) is 51.3 cm³/mol. The average Bonchev–Trinajstić information content (AvgIpc) is 2.30. The van der Waals surface area contributed by atoms with E-state index in [2.05, 4.69) is 13.8 Å². The number of rotatable bonds is 2. The smallest absolute Gasteiger partial charge is 0.590 e. The van der Waals surface area contributed by atoms with Gasteiger partial charge in [-0.05, 0) is 13.0 Å². The van der Waals surface area contributed by atoms with Crippen molar-refractivity contribution in [2.45, 2.75) is 52.1 Å². The minimum absolute atomic E-state index is 0. The normalized spacial score (nSPS) is 22.5. The molecule has 1 nitrogen and oxygen atoms in total. The summed E-state index contributed by atoms with van der Waals surface area (Å²) in [5.74, 6) is 0. The molecule has 1 fully saturated rings. The Morgan fingerprint density at radius 2 is 1.75 bits per heavy atom. The molecule has 66 valence electrons. The van der Waals surface area contributed by atoms with Gasteiger partial charge < -0.3 is 4.65 Å². The maximum Gasteiger partial charge on any atom is 1.00 e. The second kappa shape index (κ2) is 6.47. The molecule has 0 radical (unpaired) electrons. The molecule has 12 heavy (non-hydrogen) atoms. The Labute approximate surface area is 98.9 Å². The summed E-state index contributed by atoms with van der Waals surface area (Å²) >= 11 is 0. The monoisotopic (exact) mass is 178 g/mol. The van der Waals surface area contributed by atoms with E-state index in [9.17, 15) is 0 Å². The van der Waals surface area contributed by atoms with Gasteiger partial charge in [-0.1, -0.05) is 26.7 Å². The van der Waals surface area contributed by atoms with Crippen molar-refractivity contribution in [1.29, 1.82) is 0 Å². The fourth-order valence-electron chi connectivity index (χ4n) is 2.14. The molecule has 0 aromatic rings. The van der Waals surface area contributed by atoms with Crippen LogP contribution >= 0.6 is 0 Å². The quantitative estimate of drug-likeness (QED) is 0.548. The van der Waals surface area contributed by atoms with Crippen molar-refractivity contribution in [3.63, 3.8) is 0 Å². The van der Waals surface area contributed by atoms with Gasteiger partial charge in [-0.2, -0.15) is 19.0 Å². The second-order valence-corrected chi connectivity index (χ2v) is 3.90. The van der Waals surface area contributed by atoms with Gasteiger partial charge in [0.1, 0.15) is 6.35 Å². The summed E-state index contributed by atoms with van der Waals surface area (Å²) in [6, 6.07) is 0. The van der Waals surface area contributed by atoms with E-state index in [0.717, 1.165) is 6.61 Å². The first kappa shape index (κ1) is 13.0. The Kier molecular flexibility index (Phi) is 7.03. The molecule has 3 heteroatoms. The zero-order valence-electron chi connectivity index (χ0n) is 8.94. The first-order valence-electron chi connectivity index (χ1n) is 5.16. The molecule has 0 saturated carbocycles. The third-order valence-corrected chi connectivity index (χ3v) is 3.33. The van der Waals surface area contributed by atoms with Gasteiger partial charge in [-0.25, -0.2) is 0 Å². The first-order chi connectivity index (χ1) is 5.33. The molecule has 0 atom stereocenters. The van der Waals surface area contributed by atoms with Crippen LogP contribution < -0.4 is 29.6 Å². The van der Waals surface area contributed by atoms with Gasteiger partial charge in [0.05, 0.1) is 0 Å². The van der Waals surface area contributed by atoms with Crippen molar-refractivity contribution in [2.75, 3.05) is 6.61 Å². The molecule has 0 aromatic heterocycles. The van der Waals surface area contributed by atoms with Gasteiger partial charge in [-0.3, -0.25) is 0 Å². The van der Waals surface area contributed by atoms with Crippen LogP contribution in [0.15, 0.2) is 0 Å². The summed E-state index contributed by atoms with van der Waals surface area (Å²) in [7, 11) is 0. The Morgan fingerprint density at radius 3 is 2.33 bits per heavy atom. The van der Waals surface area contributed by atoms with Crippen LogP contribution in [-0.2, 0) is 4.65 Å². The van der Waals surface area contributed by atoms with Crippen LogP contribution in [0.3, 0.4) is 0 Å². The molecule has 1 heterocycles. The first-order valence-corrected chi connectivity index (χ1v) is 5.16. The Balaban J connectivity index is 0.00000121. The third-order valence-electron chi connectivity index (χ3n) is 3.33. The van der Waals surface area contributed by atoms with Gasteiger partial charge in [0, 0.05) is 0 Å². The van der Waals surface area contributed by atoms with E-state index in [1.807, 2.05) is 0 Å². The average molecular weight is 178 g/mol. The van der Waals surface area contributed by atoms with Crippen molar-refractivity contribution < 1.29 is 34.2 Å². The van der Waals surface area contributed by atoms with E-state index >= 15 is 0 Å². The Hall–Kier alpha value is 1.02. The van der Waals surface area contributed by atoms with Crippen LogP contribution in [0.4, 0.5) is 0 Å². The Morgan fingerprint density at radius 1 is 1.08 bits per heavy atom. The second-order valence-electron chi connectivity index (χ2n) is 3.90. The van der Waals surface area contributed by atoms with Crippen LogP contribution in [0.5, 0.6) is 0 Å². The van der Waals surface area contributed by atoms with Crippen LogP contribution in [0, 0.1) is 0 Å². The van der Waals surface area contributed by atoms with Crippen molar-refractivity contribution in [3.8, 4) is 0 Å². The Bertz CT molecular complexity index is 105. The van der Waals surface area contributed by atoms with Gasteiger partial charge >= 0.3 is 29.6 Å². The zero-order valence-corrected chi connectivity index (χ0v) is 10.9. The molecule has 1 aliphatic rings. The minimum Gasteiger partial charge on any atom is -0.590 e. The summed E-state index contributed by atoms with van der Waals surface area (Å²) in [6.45, 7) is 5.56.